The van der Waals surface area contributed by atoms with E-state index in [2.05, 4.69) is 179 Å². The Morgan fingerprint density at radius 1 is 0.250 bits per heavy atom. The molecule has 2 nitrogen and oxygen atoms in total. The number of para-hydroxylation sites is 3. The highest BCUT2D eigenvalue weighted by Gasteiger charge is 2.16. The van der Waals surface area contributed by atoms with Crippen molar-refractivity contribution in [2.75, 3.05) is 0 Å². The van der Waals surface area contributed by atoms with Crippen molar-refractivity contribution in [3.63, 3.8) is 0 Å². The quantitative estimate of drug-likeness (QED) is 0.203. The average Bonchev–Trinajstić information content (AvgIpc) is 3.61. The third-order valence-corrected chi connectivity index (χ3v) is 8.91. The zero-order chi connectivity index (χ0) is 29.0. The molecule has 9 rings (SSSR count). The minimum atomic E-state index is 1.16. The third-order valence-electron chi connectivity index (χ3n) is 8.91. The Morgan fingerprint density at radius 2 is 0.682 bits per heavy atom. The molecule has 206 valence electrons. The van der Waals surface area contributed by atoms with Gasteiger partial charge in [-0.1, -0.05) is 121 Å². The lowest BCUT2D eigenvalue weighted by atomic mass is 10.0. The minimum Gasteiger partial charge on any atom is -0.309 e. The predicted octanol–water partition coefficient (Wildman–Crippen LogP) is 11.2. The minimum absolute atomic E-state index is 1.16. The molecule has 0 aliphatic carbocycles. The molecule has 0 atom stereocenters. The van der Waals surface area contributed by atoms with Crippen molar-refractivity contribution >= 4 is 43.6 Å². The lowest BCUT2D eigenvalue weighted by molar-refractivity contribution is 1.18. The molecule has 2 heterocycles. The Morgan fingerprint density at radius 3 is 1.30 bits per heavy atom. The summed E-state index contributed by atoms with van der Waals surface area (Å²) in [6.45, 7) is 0. The van der Waals surface area contributed by atoms with Crippen LogP contribution in [0.3, 0.4) is 0 Å². The third kappa shape index (κ3) is 3.82. The summed E-state index contributed by atoms with van der Waals surface area (Å²) in [7, 11) is 0. The maximum atomic E-state index is 2.42. The van der Waals surface area contributed by atoms with E-state index in [0.717, 1.165) is 5.69 Å². The second-order valence-electron chi connectivity index (χ2n) is 11.4. The summed E-state index contributed by atoms with van der Waals surface area (Å²) in [6.07, 6.45) is 0. The number of hydrogen-bond donors (Lipinski definition) is 0. The Balaban J connectivity index is 1.27. The van der Waals surface area contributed by atoms with Gasteiger partial charge in [-0.2, -0.15) is 0 Å². The van der Waals surface area contributed by atoms with Gasteiger partial charge >= 0.3 is 0 Å². The highest BCUT2D eigenvalue weighted by molar-refractivity contribution is 6.12. The predicted molar refractivity (Wildman–Crippen MR) is 186 cm³/mol. The standard InChI is InChI=1S/C42H28N2/c1-3-12-29(13-4-1)30-14-11-17-34(26-30)44-40-21-10-8-19-36(40)38-25-23-32(28-42(38)44)31-22-24-37-35-18-7-9-20-39(35)43(41(37)27-31)33-15-5-2-6-16-33/h1-28H. The van der Waals surface area contributed by atoms with E-state index in [1.165, 1.54) is 71.6 Å². The van der Waals surface area contributed by atoms with Crippen molar-refractivity contribution in [2.24, 2.45) is 0 Å². The number of benzene rings is 7. The van der Waals surface area contributed by atoms with Crippen LogP contribution in [0.1, 0.15) is 0 Å². The van der Waals surface area contributed by atoms with Gasteiger partial charge in [-0.25, -0.2) is 0 Å². The van der Waals surface area contributed by atoms with Gasteiger partial charge in [0.1, 0.15) is 0 Å². The zero-order valence-electron chi connectivity index (χ0n) is 24.1. The maximum absolute atomic E-state index is 2.42. The summed E-state index contributed by atoms with van der Waals surface area (Å²) in [4.78, 5) is 0. The first-order valence-electron chi connectivity index (χ1n) is 15.1. The Hall–Kier alpha value is -5.86. The van der Waals surface area contributed by atoms with Crippen LogP contribution in [-0.2, 0) is 0 Å². The van der Waals surface area contributed by atoms with Crippen LogP contribution in [0.5, 0.6) is 0 Å². The molecule has 9 aromatic rings. The summed E-state index contributed by atoms with van der Waals surface area (Å²) < 4.78 is 4.80. The maximum Gasteiger partial charge on any atom is 0.0547 e. The van der Waals surface area contributed by atoms with Crippen LogP contribution in [0, 0.1) is 0 Å². The van der Waals surface area contributed by atoms with Crippen LogP contribution in [0.25, 0.3) is 77.2 Å². The fourth-order valence-electron chi connectivity index (χ4n) is 6.89. The van der Waals surface area contributed by atoms with Crippen molar-refractivity contribution in [3.05, 3.63) is 170 Å². The molecule has 0 N–H and O–H groups in total. The summed E-state index contributed by atoms with van der Waals surface area (Å²) >= 11 is 0. The monoisotopic (exact) mass is 560 g/mol. The van der Waals surface area contributed by atoms with Gasteiger partial charge in [0.15, 0.2) is 0 Å². The van der Waals surface area contributed by atoms with Crippen LogP contribution in [-0.4, -0.2) is 9.13 Å². The lowest BCUT2D eigenvalue weighted by Crippen LogP contribution is -1.95. The van der Waals surface area contributed by atoms with Crippen molar-refractivity contribution in [2.45, 2.75) is 0 Å². The molecule has 0 fully saturated rings. The molecule has 2 heteroatoms. The summed E-state index contributed by atoms with van der Waals surface area (Å²) in [5.41, 5.74) is 12.0. The van der Waals surface area contributed by atoms with E-state index in [0.29, 0.717) is 0 Å². The molecule has 0 spiro atoms. The Bertz CT molecular complexity index is 2480. The van der Waals surface area contributed by atoms with Gasteiger partial charge in [0.25, 0.3) is 0 Å². The van der Waals surface area contributed by atoms with Crippen LogP contribution < -0.4 is 0 Å². The molecule has 0 bridgehead atoms. The van der Waals surface area contributed by atoms with E-state index < -0.39 is 0 Å². The number of hydrogen-bond acceptors (Lipinski definition) is 0. The van der Waals surface area contributed by atoms with Gasteiger partial charge in [-0.3, -0.25) is 0 Å². The molecular formula is C42H28N2. The normalized spacial score (nSPS) is 11.6. The van der Waals surface area contributed by atoms with Crippen molar-refractivity contribution < 1.29 is 0 Å². The molecule has 7 aromatic carbocycles. The molecule has 0 saturated carbocycles. The van der Waals surface area contributed by atoms with E-state index in [1.54, 1.807) is 0 Å². The second-order valence-corrected chi connectivity index (χ2v) is 11.4. The highest BCUT2D eigenvalue weighted by Crippen LogP contribution is 2.38. The number of rotatable bonds is 4. The summed E-state index contributed by atoms with van der Waals surface area (Å²) in [5, 5.41) is 5.06. The van der Waals surface area contributed by atoms with Crippen LogP contribution in [0.15, 0.2) is 170 Å². The second kappa shape index (κ2) is 9.86. The number of nitrogens with zero attached hydrogens (tertiary/aromatic N) is 2. The molecule has 0 unspecified atom stereocenters. The van der Waals surface area contributed by atoms with Crippen molar-refractivity contribution in [1.29, 1.82) is 0 Å². The first-order chi connectivity index (χ1) is 21.8. The van der Waals surface area contributed by atoms with E-state index in [1.807, 2.05) is 0 Å². The number of fused-ring (bicyclic) bond motifs is 6. The first kappa shape index (κ1) is 24.7. The molecule has 0 aliphatic heterocycles. The molecule has 0 aliphatic rings. The van der Waals surface area contributed by atoms with Gasteiger partial charge in [0.05, 0.1) is 22.1 Å². The van der Waals surface area contributed by atoms with Gasteiger partial charge < -0.3 is 9.13 Å². The smallest absolute Gasteiger partial charge is 0.0547 e. The molecule has 0 saturated heterocycles. The SMILES string of the molecule is c1ccc(-c2cccc(-n3c4ccccc4c4ccc(-c5ccc6c7ccccc7n(-c7ccccc7)c6c5)cc43)c2)cc1. The molecule has 0 amide bonds. The summed E-state index contributed by atoms with van der Waals surface area (Å²) in [6, 6.07) is 61.4. The van der Waals surface area contributed by atoms with Gasteiger partial charge in [0, 0.05) is 32.9 Å². The van der Waals surface area contributed by atoms with Crippen molar-refractivity contribution in [1.82, 2.24) is 9.13 Å². The zero-order valence-corrected chi connectivity index (χ0v) is 24.1. The van der Waals surface area contributed by atoms with E-state index >= 15 is 0 Å². The molecular weight excluding hydrogens is 532 g/mol. The Kier molecular flexibility index (Phi) is 5.54. The molecule has 0 radical (unpaired) electrons. The van der Waals surface area contributed by atoms with Crippen LogP contribution in [0.2, 0.25) is 0 Å². The molecule has 44 heavy (non-hydrogen) atoms. The fourth-order valence-corrected chi connectivity index (χ4v) is 6.89. The van der Waals surface area contributed by atoms with Crippen LogP contribution >= 0.6 is 0 Å². The Labute approximate surface area is 255 Å². The largest absolute Gasteiger partial charge is 0.309 e. The summed E-state index contributed by atoms with van der Waals surface area (Å²) in [5.74, 6) is 0. The van der Waals surface area contributed by atoms with Gasteiger partial charge in [0.2, 0.25) is 0 Å². The highest BCUT2D eigenvalue weighted by atomic mass is 15.0. The van der Waals surface area contributed by atoms with E-state index in [4.69, 9.17) is 0 Å². The van der Waals surface area contributed by atoms with Gasteiger partial charge in [-0.15, -0.1) is 0 Å². The fraction of sp³-hybridized carbons (Fsp3) is 0. The van der Waals surface area contributed by atoms with Crippen LogP contribution in [0.4, 0.5) is 0 Å². The lowest BCUT2D eigenvalue weighted by Gasteiger charge is -2.12. The topological polar surface area (TPSA) is 9.86 Å². The first-order valence-corrected chi connectivity index (χ1v) is 15.1. The van der Waals surface area contributed by atoms with Crippen molar-refractivity contribution in [3.8, 4) is 33.6 Å². The van der Waals surface area contributed by atoms with E-state index in [-0.39, 0.29) is 0 Å². The molecule has 2 aromatic heterocycles. The number of aromatic nitrogens is 2. The van der Waals surface area contributed by atoms with E-state index in [9.17, 15) is 0 Å². The van der Waals surface area contributed by atoms with Gasteiger partial charge in [-0.05, 0) is 70.8 Å². The average molecular weight is 561 g/mol.